The summed E-state index contributed by atoms with van der Waals surface area (Å²) in [5.74, 6) is -1.49. The second-order valence-corrected chi connectivity index (χ2v) is 6.04. The molecule has 0 radical (unpaired) electrons. The van der Waals surface area contributed by atoms with Crippen LogP contribution in [0.5, 0.6) is 0 Å². The summed E-state index contributed by atoms with van der Waals surface area (Å²) in [5, 5.41) is 7.21. The smallest absolute Gasteiger partial charge is 0.323 e. The number of hydrogen-bond donors (Lipinski definition) is 2. The standard InChI is InChI=1S/C10H12ClNO4S/c1-6(12)9(10(13)14)17(15,16)8-5-3-2-4-7(8)11/h2-6,9H,12H2,1H3,(H,13,14). The number of aliphatic carboxylic acids is 1. The number of sulfone groups is 1. The zero-order chi connectivity index (χ0) is 13.2. The molecule has 94 valence electrons. The summed E-state index contributed by atoms with van der Waals surface area (Å²) in [6, 6.07) is 4.64. The van der Waals surface area contributed by atoms with E-state index in [1.807, 2.05) is 0 Å². The summed E-state index contributed by atoms with van der Waals surface area (Å²) in [6.45, 7) is 1.33. The first-order chi connectivity index (χ1) is 7.78. The van der Waals surface area contributed by atoms with E-state index in [1.54, 1.807) is 6.07 Å². The Morgan fingerprint density at radius 1 is 1.41 bits per heavy atom. The summed E-state index contributed by atoms with van der Waals surface area (Å²) in [6.07, 6.45) is 0. The van der Waals surface area contributed by atoms with Crippen molar-refractivity contribution < 1.29 is 18.3 Å². The number of benzene rings is 1. The molecular weight excluding hydrogens is 266 g/mol. The molecule has 2 atom stereocenters. The monoisotopic (exact) mass is 277 g/mol. The number of carbonyl (C=O) groups is 1. The van der Waals surface area contributed by atoms with Crippen LogP contribution in [-0.2, 0) is 14.6 Å². The summed E-state index contributed by atoms with van der Waals surface area (Å²) >= 11 is 5.75. The van der Waals surface area contributed by atoms with E-state index in [1.165, 1.54) is 25.1 Å². The van der Waals surface area contributed by atoms with Gasteiger partial charge in [-0.1, -0.05) is 23.7 Å². The van der Waals surface area contributed by atoms with Gasteiger partial charge in [0.1, 0.15) is 0 Å². The predicted molar refractivity (Wildman–Crippen MR) is 63.7 cm³/mol. The molecule has 0 aliphatic rings. The first-order valence-corrected chi connectivity index (χ1v) is 6.67. The third-order valence-corrected chi connectivity index (χ3v) is 4.91. The highest BCUT2D eigenvalue weighted by atomic mass is 35.5. The van der Waals surface area contributed by atoms with Gasteiger partial charge in [-0.15, -0.1) is 0 Å². The molecule has 7 heteroatoms. The minimum atomic E-state index is -4.09. The molecule has 0 fully saturated rings. The Morgan fingerprint density at radius 2 is 1.94 bits per heavy atom. The summed E-state index contributed by atoms with van der Waals surface area (Å²) in [4.78, 5) is 10.8. The Balaban J connectivity index is 3.37. The van der Waals surface area contributed by atoms with Crippen molar-refractivity contribution in [2.45, 2.75) is 23.1 Å². The predicted octanol–water partition coefficient (Wildman–Crippen LogP) is 0.914. The van der Waals surface area contributed by atoms with Crippen LogP contribution >= 0.6 is 11.6 Å². The van der Waals surface area contributed by atoms with E-state index in [2.05, 4.69) is 0 Å². The van der Waals surface area contributed by atoms with E-state index in [-0.39, 0.29) is 9.92 Å². The third-order valence-electron chi connectivity index (χ3n) is 2.20. The zero-order valence-electron chi connectivity index (χ0n) is 9.00. The van der Waals surface area contributed by atoms with Crippen LogP contribution < -0.4 is 5.73 Å². The first kappa shape index (κ1) is 14.0. The average molecular weight is 278 g/mol. The molecule has 3 N–H and O–H groups in total. The van der Waals surface area contributed by atoms with Gasteiger partial charge >= 0.3 is 5.97 Å². The van der Waals surface area contributed by atoms with Gasteiger partial charge in [-0.2, -0.15) is 0 Å². The quantitative estimate of drug-likeness (QED) is 0.853. The Morgan fingerprint density at radius 3 is 2.35 bits per heavy atom. The molecule has 0 aliphatic carbocycles. The maximum absolute atomic E-state index is 12.1. The van der Waals surface area contributed by atoms with Crippen molar-refractivity contribution in [3.63, 3.8) is 0 Å². The highest BCUT2D eigenvalue weighted by Crippen LogP contribution is 2.25. The van der Waals surface area contributed by atoms with Crippen LogP contribution in [0.1, 0.15) is 6.92 Å². The van der Waals surface area contributed by atoms with Gasteiger partial charge in [0.25, 0.3) is 0 Å². The molecule has 0 saturated heterocycles. The third kappa shape index (κ3) is 2.77. The van der Waals surface area contributed by atoms with E-state index in [0.717, 1.165) is 0 Å². The number of nitrogens with two attached hydrogens (primary N) is 1. The molecule has 17 heavy (non-hydrogen) atoms. The molecule has 1 rings (SSSR count). The fourth-order valence-electron chi connectivity index (χ4n) is 1.45. The molecule has 0 spiro atoms. The number of carboxylic acids is 1. The SMILES string of the molecule is CC(N)C(C(=O)O)S(=O)(=O)c1ccccc1Cl. The molecule has 1 aromatic carbocycles. The van der Waals surface area contributed by atoms with Crippen LogP contribution in [0.2, 0.25) is 5.02 Å². The minimum absolute atomic E-state index is 0.0144. The van der Waals surface area contributed by atoms with Gasteiger partial charge in [-0.3, -0.25) is 4.79 Å². The fourth-order valence-corrected chi connectivity index (χ4v) is 3.62. The van der Waals surface area contributed by atoms with Gasteiger partial charge in [0.05, 0.1) is 9.92 Å². The highest BCUT2D eigenvalue weighted by Gasteiger charge is 2.38. The summed E-state index contributed by atoms with van der Waals surface area (Å²) in [7, 11) is -4.09. The number of rotatable bonds is 4. The van der Waals surface area contributed by atoms with Crippen LogP contribution in [-0.4, -0.2) is 30.8 Å². The van der Waals surface area contributed by atoms with Crippen LogP contribution in [0, 0.1) is 0 Å². The lowest BCUT2D eigenvalue weighted by Gasteiger charge is -2.17. The van der Waals surface area contributed by atoms with E-state index in [0.29, 0.717) is 0 Å². The van der Waals surface area contributed by atoms with Gasteiger partial charge < -0.3 is 10.8 Å². The van der Waals surface area contributed by atoms with Crippen molar-refractivity contribution in [3.8, 4) is 0 Å². The summed E-state index contributed by atoms with van der Waals surface area (Å²) in [5.41, 5.74) is 5.41. The Kier molecular flexibility index (Phi) is 4.13. The molecule has 0 saturated carbocycles. The lowest BCUT2D eigenvalue weighted by atomic mass is 10.2. The maximum Gasteiger partial charge on any atom is 0.323 e. The normalized spacial score (nSPS) is 15.2. The van der Waals surface area contributed by atoms with Crippen LogP contribution in [0.3, 0.4) is 0 Å². The molecule has 1 aromatic rings. The lowest BCUT2D eigenvalue weighted by molar-refractivity contribution is -0.136. The van der Waals surface area contributed by atoms with Gasteiger partial charge in [0.15, 0.2) is 15.1 Å². The van der Waals surface area contributed by atoms with Crippen LogP contribution in [0.25, 0.3) is 0 Å². The Hall–Kier alpha value is -1.11. The highest BCUT2D eigenvalue weighted by molar-refractivity contribution is 7.93. The van der Waals surface area contributed by atoms with Gasteiger partial charge in [0, 0.05) is 6.04 Å². The fraction of sp³-hybridized carbons (Fsp3) is 0.300. The number of halogens is 1. The van der Waals surface area contributed by atoms with Gasteiger partial charge in [0.2, 0.25) is 0 Å². The number of hydrogen-bond acceptors (Lipinski definition) is 4. The van der Waals surface area contributed by atoms with E-state index < -0.39 is 27.1 Å². The molecule has 0 aromatic heterocycles. The largest absolute Gasteiger partial charge is 0.480 e. The Labute approximate surface area is 104 Å². The van der Waals surface area contributed by atoms with Crippen LogP contribution in [0.15, 0.2) is 29.2 Å². The van der Waals surface area contributed by atoms with Gasteiger partial charge in [-0.05, 0) is 19.1 Å². The van der Waals surface area contributed by atoms with Crippen LogP contribution in [0.4, 0.5) is 0 Å². The average Bonchev–Trinajstić information content (AvgIpc) is 2.15. The molecular formula is C10H12ClNO4S. The van der Waals surface area contributed by atoms with Gasteiger partial charge in [-0.25, -0.2) is 8.42 Å². The topological polar surface area (TPSA) is 97.5 Å². The second-order valence-electron chi connectivity index (χ2n) is 3.59. The van der Waals surface area contributed by atoms with E-state index in [9.17, 15) is 13.2 Å². The molecule has 2 unspecified atom stereocenters. The number of carboxylic acid groups (broad SMARTS) is 1. The summed E-state index contributed by atoms with van der Waals surface area (Å²) < 4.78 is 24.2. The van der Waals surface area contributed by atoms with E-state index >= 15 is 0 Å². The van der Waals surface area contributed by atoms with Crippen molar-refractivity contribution in [1.29, 1.82) is 0 Å². The zero-order valence-corrected chi connectivity index (χ0v) is 10.6. The van der Waals surface area contributed by atoms with Crippen molar-refractivity contribution in [3.05, 3.63) is 29.3 Å². The first-order valence-electron chi connectivity index (χ1n) is 4.75. The molecule has 0 bridgehead atoms. The molecule has 0 amide bonds. The minimum Gasteiger partial charge on any atom is -0.480 e. The van der Waals surface area contributed by atoms with Crippen molar-refractivity contribution in [2.24, 2.45) is 5.73 Å². The Bertz CT molecular complexity index is 527. The van der Waals surface area contributed by atoms with Crippen molar-refractivity contribution >= 4 is 27.4 Å². The molecule has 0 aliphatic heterocycles. The maximum atomic E-state index is 12.1. The molecule has 5 nitrogen and oxygen atoms in total. The van der Waals surface area contributed by atoms with E-state index in [4.69, 9.17) is 22.4 Å². The second kappa shape index (κ2) is 5.03. The molecule has 0 heterocycles. The van der Waals surface area contributed by atoms with Crippen molar-refractivity contribution in [1.82, 2.24) is 0 Å². The lowest BCUT2D eigenvalue weighted by Crippen LogP contribution is -2.44. The van der Waals surface area contributed by atoms with Crippen molar-refractivity contribution in [2.75, 3.05) is 0 Å².